The van der Waals surface area contributed by atoms with Gasteiger partial charge in [0.15, 0.2) is 0 Å². The van der Waals surface area contributed by atoms with Crippen molar-refractivity contribution in [1.29, 1.82) is 0 Å². The largest absolute Gasteiger partial charge is 0.389 e. The number of alkyl halides is 1. The van der Waals surface area contributed by atoms with Gasteiger partial charge in [-0.05, 0) is 29.5 Å². The molecule has 48 valence electrons. The Morgan fingerprint density at radius 3 is 2.62 bits per heavy atom. The van der Waals surface area contributed by atoms with Crippen LogP contribution in [-0.2, 0) is 4.74 Å². The normalized spacial score (nSPS) is 47.6. The number of aliphatic hydroxyl groups excluding tert-OH is 1. The molecule has 2 atom stereocenters. The monoisotopic (exact) mass is 228 g/mol. The average Bonchev–Trinajstić information content (AvgIpc) is 1.86. The van der Waals surface area contributed by atoms with Gasteiger partial charge in [-0.15, -0.1) is 0 Å². The Labute approximate surface area is 62.4 Å². The van der Waals surface area contributed by atoms with Gasteiger partial charge in [0.05, 0.1) is 12.7 Å². The summed E-state index contributed by atoms with van der Waals surface area (Å²) in [5.41, 5.74) is 0. The van der Waals surface area contributed by atoms with E-state index in [1.807, 2.05) is 6.92 Å². The van der Waals surface area contributed by atoms with Crippen LogP contribution in [0.3, 0.4) is 0 Å². The summed E-state index contributed by atoms with van der Waals surface area (Å²) in [6.07, 6.45) is 0.502. The molecule has 8 heavy (non-hydrogen) atoms. The maximum absolute atomic E-state index is 9.12. The van der Waals surface area contributed by atoms with Gasteiger partial charge in [0.1, 0.15) is 3.61 Å². The van der Waals surface area contributed by atoms with Crippen molar-refractivity contribution < 1.29 is 9.84 Å². The van der Waals surface area contributed by atoms with E-state index in [2.05, 4.69) is 22.6 Å². The standard InChI is InChI=1S/C5H9IO2/c1-5(6)4(7)2-3-8-5/h4,7H,2-3H2,1H3/t4-,5-/m0/s1. The number of ether oxygens (including phenoxy) is 1. The topological polar surface area (TPSA) is 29.5 Å². The first-order valence-corrected chi connectivity index (χ1v) is 3.72. The quantitative estimate of drug-likeness (QED) is 0.493. The summed E-state index contributed by atoms with van der Waals surface area (Å²) in [6.45, 7) is 2.59. The molecular formula is C5H9IO2. The summed E-state index contributed by atoms with van der Waals surface area (Å²) in [4.78, 5) is 0. The number of hydrogen-bond donors (Lipinski definition) is 1. The van der Waals surface area contributed by atoms with E-state index in [4.69, 9.17) is 9.84 Å². The van der Waals surface area contributed by atoms with Crippen LogP contribution in [0, 0.1) is 0 Å². The molecule has 1 saturated heterocycles. The summed E-state index contributed by atoms with van der Waals surface area (Å²) in [7, 11) is 0. The lowest BCUT2D eigenvalue weighted by atomic mass is 10.2. The lowest BCUT2D eigenvalue weighted by molar-refractivity contribution is 0.0419. The van der Waals surface area contributed by atoms with Gasteiger partial charge in [0, 0.05) is 6.42 Å². The fraction of sp³-hybridized carbons (Fsp3) is 1.00. The molecule has 0 aromatic rings. The van der Waals surface area contributed by atoms with E-state index >= 15 is 0 Å². The van der Waals surface area contributed by atoms with Crippen LogP contribution in [-0.4, -0.2) is 21.4 Å². The van der Waals surface area contributed by atoms with Crippen LogP contribution >= 0.6 is 22.6 Å². The van der Waals surface area contributed by atoms with Crippen LogP contribution in [0.1, 0.15) is 13.3 Å². The molecule has 1 heterocycles. The second kappa shape index (κ2) is 2.11. The first-order chi connectivity index (χ1) is 3.63. The zero-order valence-electron chi connectivity index (χ0n) is 4.72. The Hall–Kier alpha value is 0.650. The Morgan fingerprint density at radius 1 is 1.88 bits per heavy atom. The van der Waals surface area contributed by atoms with Crippen LogP contribution in [0.5, 0.6) is 0 Å². The van der Waals surface area contributed by atoms with Crippen molar-refractivity contribution in [3.05, 3.63) is 0 Å². The van der Waals surface area contributed by atoms with Crippen molar-refractivity contribution in [3.8, 4) is 0 Å². The predicted molar refractivity (Wildman–Crippen MR) is 39.0 cm³/mol. The van der Waals surface area contributed by atoms with Crippen LogP contribution in [0.4, 0.5) is 0 Å². The minimum absolute atomic E-state index is 0.275. The Kier molecular flexibility index (Phi) is 1.79. The van der Waals surface area contributed by atoms with Crippen LogP contribution in [0.15, 0.2) is 0 Å². The summed E-state index contributed by atoms with van der Waals surface area (Å²) < 4.78 is 4.87. The van der Waals surface area contributed by atoms with Gasteiger partial charge in [-0.1, -0.05) is 0 Å². The second-order valence-corrected chi connectivity index (χ2v) is 4.28. The molecule has 0 unspecified atom stereocenters. The van der Waals surface area contributed by atoms with Gasteiger partial charge >= 0.3 is 0 Å². The van der Waals surface area contributed by atoms with Crippen molar-refractivity contribution in [2.24, 2.45) is 0 Å². The minimum atomic E-state index is -0.322. The highest BCUT2D eigenvalue weighted by atomic mass is 127. The average molecular weight is 228 g/mol. The van der Waals surface area contributed by atoms with Crippen molar-refractivity contribution in [1.82, 2.24) is 0 Å². The molecule has 1 rings (SSSR count). The summed E-state index contributed by atoms with van der Waals surface area (Å²) in [5, 5.41) is 9.12. The highest BCUT2D eigenvalue weighted by Gasteiger charge is 2.35. The molecule has 0 amide bonds. The molecule has 1 N–H and O–H groups in total. The molecule has 0 bridgehead atoms. The SMILES string of the molecule is C[C@]1(I)OCC[C@@H]1O. The zero-order valence-corrected chi connectivity index (χ0v) is 6.88. The Balaban J connectivity index is 2.54. The summed E-state index contributed by atoms with van der Waals surface area (Å²) in [5.74, 6) is 0. The molecule has 0 aromatic heterocycles. The fourth-order valence-electron chi connectivity index (χ4n) is 0.724. The van der Waals surface area contributed by atoms with Crippen molar-refractivity contribution in [2.45, 2.75) is 23.1 Å². The van der Waals surface area contributed by atoms with Gasteiger partial charge in [0.2, 0.25) is 0 Å². The molecular weight excluding hydrogens is 219 g/mol. The molecule has 1 aliphatic rings. The van der Waals surface area contributed by atoms with Gasteiger partial charge in [0.25, 0.3) is 0 Å². The van der Waals surface area contributed by atoms with E-state index < -0.39 is 0 Å². The van der Waals surface area contributed by atoms with E-state index in [1.54, 1.807) is 0 Å². The third-order valence-corrected chi connectivity index (χ3v) is 2.40. The van der Waals surface area contributed by atoms with Gasteiger partial charge < -0.3 is 9.84 Å². The molecule has 2 nitrogen and oxygen atoms in total. The molecule has 0 spiro atoms. The Bertz CT molecular complexity index is 92.4. The third-order valence-electron chi connectivity index (χ3n) is 1.37. The zero-order chi connectivity index (χ0) is 6.20. The van der Waals surface area contributed by atoms with Crippen LogP contribution in [0.2, 0.25) is 0 Å². The summed E-state index contributed by atoms with van der Waals surface area (Å²) in [6, 6.07) is 0. The first-order valence-electron chi connectivity index (χ1n) is 2.64. The molecule has 0 aliphatic carbocycles. The van der Waals surface area contributed by atoms with E-state index in [-0.39, 0.29) is 9.71 Å². The predicted octanol–water partition coefficient (Wildman–Crippen LogP) is 0.919. The molecule has 0 saturated carbocycles. The van der Waals surface area contributed by atoms with Gasteiger partial charge in [-0.3, -0.25) is 0 Å². The lowest BCUT2D eigenvalue weighted by Crippen LogP contribution is -2.27. The van der Waals surface area contributed by atoms with Crippen LogP contribution in [0.25, 0.3) is 0 Å². The maximum atomic E-state index is 9.12. The first kappa shape index (κ1) is 6.77. The van der Waals surface area contributed by atoms with E-state index in [0.717, 1.165) is 6.42 Å². The smallest absolute Gasteiger partial charge is 0.142 e. The number of aliphatic hydroxyl groups is 1. The van der Waals surface area contributed by atoms with E-state index in [1.165, 1.54) is 0 Å². The third kappa shape index (κ3) is 1.14. The molecule has 0 radical (unpaired) electrons. The number of hydrogen-bond acceptors (Lipinski definition) is 2. The summed E-state index contributed by atoms with van der Waals surface area (Å²) >= 11 is 2.12. The highest BCUT2D eigenvalue weighted by Crippen LogP contribution is 2.31. The highest BCUT2D eigenvalue weighted by molar-refractivity contribution is 14.1. The van der Waals surface area contributed by atoms with Crippen molar-refractivity contribution in [3.63, 3.8) is 0 Å². The minimum Gasteiger partial charge on any atom is -0.389 e. The van der Waals surface area contributed by atoms with Crippen molar-refractivity contribution in [2.75, 3.05) is 6.61 Å². The van der Waals surface area contributed by atoms with E-state index in [9.17, 15) is 0 Å². The second-order valence-electron chi connectivity index (χ2n) is 2.14. The fourth-order valence-corrected chi connectivity index (χ4v) is 1.26. The van der Waals surface area contributed by atoms with Gasteiger partial charge in [-0.2, -0.15) is 0 Å². The molecule has 1 aliphatic heterocycles. The Morgan fingerprint density at radius 2 is 2.50 bits per heavy atom. The van der Waals surface area contributed by atoms with Crippen LogP contribution < -0.4 is 0 Å². The maximum Gasteiger partial charge on any atom is 0.142 e. The lowest BCUT2D eigenvalue weighted by Gasteiger charge is -2.17. The molecule has 3 heteroatoms. The number of halogens is 1. The van der Waals surface area contributed by atoms with Crippen molar-refractivity contribution >= 4 is 22.6 Å². The molecule has 1 fully saturated rings. The molecule has 0 aromatic carbocycles. The van der Waals surface area contributed by atoms with Gasteiger partial charge in [-0.25, -0.2) is 0 Å². The number of rotatable bonds is 0. The van der Waals surface area contributed by atoms with E-state index in [0.29, 0.717) is 6.61 Å².